The monoisotopic (exact) mass is 214 g/mol. The molecule has 0 atom stereocenters. The van der Waals surface area contributed by atoms with Crippen molar-refractivity contribution < 1.29 is 4.79 Å². The Morgan fingerprint density at radius 3 is 2.31 bits per heavy atom. The number of hydrogen-bond donors (Lipinski definition) is 0. The van der Waals surface area contributed by atoms with Gasteiger partial charge in [-0.2, -0.15) is 0 Å². The summed E-state index contributed by atoms with van der Waals surface area (Å²) in [6, 6.07) is 0. The van der Waals surface area contributed by atoms with Crippen molar-refractivity contribution in [3.8, 4) is 0 Å². The normalized spacial score (nSPS) is 31.1. The molecule has 16 heavy (non-hydrogen) atoms. The molecule has 3 rings (SSSR count). The van der Waals surface area contributed by atoms with Gasteiger partial charge < -0.3 is 0 Å². The topological polar surface area (TPSA) is 17.1 Å². The average Bonchev–Trinajstić information content (AvgIpc) is 2.62. The first-order chi connectivity index (χ1) is 7.33. The second kappa shape index (κ2) is 2.42. The zero-order chi connectivity index (χ0) is 11.8. The maximum atomic E-state index is 12.2. The molecule has 0 bridgehead atoms. The summed E-state index contributed by atoms with van der Waals surface area (Å²) in [5, 5.41) is 0. The molecule has 84 valence electrons. The molecular weight excluding hydrogens is 196 g/mol. The van der Waals surface area contributed by atoms with E-state index in [4.69, 9.17) is 0 Å². The molecule has 0 aliphatic heterocycles. The molecule has 0 saturated heterocycles. The van der Waals surface area contributed by atoms with E-state index < -0.39 is 0 Å². The molecule has 0 aromatic carbocycles. The highest BCUT2D eigenvalue weighted by molar-refractivity contribution is 6.04. The van der Waals surface area contributed by atoms with Crippen molar-refractivity contribution in [2.75, 3.05) is 0 Å². The molecule has 0 heterocycles. The Morgan fingerprint density at radius 2 is 1.75 bits per heavy atom. The SMILES string of the molecule is CC1(C)C(C)(C)C12C=C1C=CC=C1C(=O)C2. The molecule has 3 aliphatic rings. The average molecular weight is 214 g/mol. The van der Waals surface area contributed by atoms with Crippen molar-refractivity contribution in [2.45, 2.75) is 34.1 Å². The number of carbonyl (C=O) groups is 1. The smallest absolute Gasteiger partial charge is 0.164 e. The summed E-state index contributed by atoms with van der Waals surface area (Å²) in [7, 11) is 0. The molecule has 1 fully saturated rings. The minimum Gasteiger partial charge on any atom is -0.294 e. The van der Waals surface area contributed by atoms with Gasteiger partial charge in [0.2, 0.25) is 0 Å². The number of fused-ring (bicyclic) bond motifs is 1. The van der Waals surface area contributed by atoms with Gasteiger partial charge in [0.15, 0.2) is 5.78 Å². The predicted octanol–water partition coefficient (Wildman–Crippen LogP) is 3.43. The lowest BCUT2D eigenvalue weighted by Gasteiger charge is -2.23. The van der Waals surface area contributed by atoms with Crippen molar-refractivity contribution in [2.24, 2.45) is 16.2 Å². The number of carbonyl (C=O) groups excluding carboxylic acids is 1. The van der Waals surface area contributed by atoms with Gasteiger partial charge in [0.25, 0.3) is 0 Å². The highest BCUT2D eigenvalue weighted by Gasteiger charge is 2.76. The van der Waals surface area contributed by atoms with Crippen molar-refractivity contribution in [1.29, 1.82) is 0 Å². The van der Waals surface area contributed by atoms with Crippen LogP contribution in [-0.4, -0.2) is 5.78 Å². The van der Waals surface area contributed by atoms with Crippen LogP contribution >= 0.6 is 0 Å². The lowest BCUT2D eigenvalue weighted by Crippen LogP contribution is -2.21. The molecule has 0 aromatic heterocycles. The van der Waals surface area contributed by atoms with Crippen LogP contribution in [0.25, 0.3) is 0 Å². The number of hydrogen-bond acceptors (Lipinski definition) is 1. The minimum atomic E-state index is 0.0818. The van der Waals surface area contributed by atoms with Gasteiger partial charge in [0.1, 0.15) is 0 Å². The van der Waals surface area contributed by atoms with Crippen LogP contribution in [0.1, 0.15) is 34.1 Å². The first-order valence-electron chi connectivity index (χ1n) is 5.98. The van der Waals surface area contributed by atoms with E-state index in [1.165, 1.54) is 0 Å². The maximum absolute atomic E-state index is 12.2. The van der Waals surface area contributed by atoms with E-state index in [-0.39, 0.29) is 16.2 Å². The van der Waals surface area contributed by atoms with Crippen molar-refractivity contribution in [3.63, 3.8) is 0 Å². The number of allylic oxidation sites excluding steroid dienone is 6. The Bertz CT molecular complexity index is 470. The Balaban J connectivity index is 2.16. The van der Waals surface area contributed by atoms with Crippen LogP contribution < -0.4 is 0 Å². The van der Waals surface area contributed by atoms with Crippen molar-refractivity contribution in [1.82, 2.24) is 0 Å². The first kappa shape index (κ1) is 10.1. The van der Waals surface area contributed by atoms with Gasteiger partial charge in [-0.3, -0.25) is 4.79 Å². The summed E-state index contributed by atoms with van der Waals surface area (Å²) in [4.78, 5) is 12.2. The maximum Gasteiger partial charge on any atom is 0.164 e. The van der Waals surface area contributed by atoms with Crippen molar-refractivity contribution in [3.05, 3.63) is 35.5 Å². The van der Waals surface area contributed by atoms with Crippen LogP contribution in [0.5, 0.6) is 0 Å². The summed E-state index contributed by atoms with van der Waals surface area (Å²) < 4.78 is 0. The molecule has 1 saturated carbocycles. The molecule has 0 amide bonds. The van der Waals surface area contributed by atoms with E-state index in [0.717, 1.165) is 11.1 Å². The fourth-order valence-corrected chi connectivity index (χ4v) is 3.75. The van der Waals surface area contributed by atoms with E-state index in [1.807, 2.05) is 12.2 Å². The molecule has 0 radical (unpaired) electrons. The standard InChI is InChI=1S/C15H18O/c1-13(2)14(3,4)15(13)8-10-6-5-7-11(10)12(16)9-15/h5-8H,9H2,1-4H3. The molecule has 1 heteroatoms. The van der Waals surface area contributed by atoms with Gasteiger partial charge in [-0.25, -0.2) is 0 Å². The zero-order valence-electron chi connectivity index (χ0n) is 10.4. The molecule has 3 aliphatic carbocycles. The molecule has 1 nitrogen and oxygen atoms in total. The molecular formula is C15H18O. The number of Topliss-reactive ketones (excluding diaryl/α,β-unsaturated/α-hetero) is 1. The number of ketones is 1. The second-order valence-corrected chi connectivity index (χ2v) is 6.36. The third-order valence-electron chi connectivity index (χ3n) is 5.72. The first-order valence-corrected chi connectivity index (χ1v) is 5.98. The van der Waals surface area contributed by atoms with Gasteiger partial charge in [-0.15, -0.1) is 0 Å². The fourth-order valence-electron chi connectivity index (χ4n) is 3.75. The lowest BCUT2D eigenvalue weighted by molar-refractivity contribution is -0.116. The van der Waals surface area contributed by atoms with Crippen LogP contribution in [0.3, 0.4) is 0 Å². The summed E-state index contributed by atoms with van der Waals surface area (Å²) in [6.45, 7) is 9.13. The number of rotatable bonds is 0. The van der Waals surface area contributed by atoms with Crippen LogP contribution in [0, 0.1) is 16.2 Å². The summed E-state index contributed by atoms with van der Waals surface area (Å²) in [5.41, 5.74) is 2.60. The van der Waals surface area contributed by atoms with E-state index in [9.17, 15) is 4.79 Å². The largest absolute Gasteiger partial charge is 0.294 e. The summed E-state index contributed by atoms with van der Waals surface area (Å²) >= 11 is 0. The third-order valence-corrected chi connectivity index (χ3v) is 5.72. The van der Waals surface area contributed by atoms with Gasteiger partial charge in [0, 0.05) is 17.4 Å². The minimum absolute atomic E-state index is 0.0818. The second-order valence-electron chi connectivity index (χ2n) is 6.36. The van der Waals surface area contributed by atoms with Gasteiger partial charge in [-0.05, 0) is 16.4 Å². The highest BCUT2D eigenvalue weighted by atomic mass is 16.1. The van der Waals surface area contributed by atoms with Crippen molar-refractivity contribution >= 4 is 5.78 Å². The zero-order valence-corrected chi connectivity index (χ0v) is 10.4. The van der Waals surface area contributed by atoms with Gasteiger partial charge in [-0.1, -0.05) is 52.0 Å². The van der Waals surface area contributed by atoms with Crippen LogP contribution in [0.2, 0.25) is 0 Å². The predicted molar refractivity (Wildman–Crippen MR) is 64.9 cm³/mol. The Morgan fingerprint density at radius 1 is 1.12 bits per heavy atom. The third kappa shape index (κ3) is 0.795. The highest BCUT2D eigenvalue weighted by Crippen LogP contribution is 2.81. The van der Waals surface area contributed by atoms with Crippen LogP contribution in [-0.2, 0) is 4.79 Å². The molecule has 0 aromatic rings. The Hall–Kier alpha value is -1.11. The van der Waals surface area contributed by atoms with E-state index in [2.05, 4.69) is 39.8 Å². The Labute approximate surface area is 96.9 Å². The van der Waals surface area contributed by atoms with E-state index in [0.29, 0.717) is 12.2 Å². The van der Waals surface area contributed by atoms with Gasteiger partial charge >= 0.3 is 0 Å². The fraction of sp³-hybridized carbons (Fsp3) is 0.533. The van der Waals surface area contributed by atoms with Gasteiger partial charge in [0.05, 0.1) is 0 Å². The summed E-state index contributed by atoms with van der Waals surface area (Å²) in [6.07, 6.45) is 9.04. The van der Waals surface area contributed by atoms with Crippen LogP contribution in [0.15, 0.2) is 35.5 Å². The Kier molecular flexibility index (Phi) is 1.52. The van der Waals surface area contributed by atoms with Crippen LogP contribution in [0.4, 0.5) is 0 Å². The quantitative estimate of drug-likeness (QED) is 0.603. The summed E-state index contributed by atoms with van der Waals surface area (Å²) in [5.74, 6) is 0.321. The molecule has 1 spiro atoms. The van der Waals surface area contributed by atoms with E-state index >= 15 is 0 Å². The van der Waals surface area contributed by atoms with E-state index in [1.54, 1.807) is 0 Å². The molecule has 0 unspecified atom stereocenters. The molecule has 0 N–H and O–H groups in total. The lowest BCUT2D eigenvalue weighted by atomic mass is 9.79.